The van der Waals surface area contributed by atoms with Crippen molar-refractivity contribution in [1.29, 1.82) is 0 Å². The number of esters is 1. The number of carbonyl (C=O) groups excluding carboxylic acids is 1. The van der Waals surface area contributed by atoms with Gasteiger partial charge in [-0.3, -0.25) is 9.98 Å². The molecule has 2 aliphatic heterocycles. The molecule has 0 unspecified atom stereocenters. The summed E-state index contributed by atoms with van der Waals surface area (Å²) < 4.78 is 4.70. The number of aromatic hydroxyl groups is 2. The number of rotatable bonds is 6. The van der Waals surface area contributed by atoms with Crippen molar-refractivity contribution >= 4 is 79.2 Å². The van der Waals surface area contributed by atoms with E-state index in [0.717, 1.165) is 42.8 Å². The zero-order valence-electron chi connectivity index (χ0n) is 23.1. The summed E-state index contributed by atoms with van der Waals surface area (Å²) in [4.78, 5) is 30.7. The molecule has 218 valence electrons. The molecule has 0 aromatic heterocycles. The molecular weight excluding hydrogens is 585 g/mol. The van der Waals surface area contributed by atoms with E-state index in [0.29, 0.717) is 11.5 Å². The predicted molar refractivity (Wildman–Crippen MR) is 176 cm³/mol. The Morgan fingerprint density at radius 2 is 1.14 bits per heavy atom. The minimum absolute atomic E-state index is 0.252. The average Bonchev–Trinajstić information content (AvgIpc) is 3.69. The van der Waals surface area contributed by atoms with Gasteiger partial charge in [0.2, 0.25) is 0 Å². The van der Waals surface area contributed by atoms with E-state index in [9.17, 15) is 19.8 Å². The lowest BCUT2D eigenvalue weighted by Gasteiger charge is -2.01. The van der Waals surface area contributed by atoms with Crippen LogP contribution in [0.1, 0.15) is 11.1 Å². The number of ether oxygens (including phenoxy) is 1. The monoisotopic (exact) mass is 612 g/mol. The Morgan fingerprint density at radius 1 is 0.698 bits per heavy atom. The summed E-state index contributed by atoms with van der Waals surface area (Å²) in [5.74, 6) is 0.469. The molecule has 3 N–H and O–H groups in total. The van der Waals surface area contributed by atoms with Crippen molar-refractivity contribution in [2.75, 3.05) is 18.6 Å². The van der Waals surface area contributed by atoms with Crippen LogP contribution in [0.5, 0.6) is 11.5 Å². The van der Waals surface area contributed by atoms with Crippen LogP contribution >= 0.6 is 23.5 Å². The Hall–Kier alpha value is -4.54. The molecule has 2 heterocycles. The number of aliphatic imine (C=N–C) groups is 2. The second kappa shape index (κ2) is 13.6. The second-order valence-corrected chi connectivity index (χ2v) is 11.8. The van der Waals surface area contributed by atoms with Crippen molar-refractivity contribution in [2.24, 2.45) is 9.98 Å². The van der Waals surface area contributed by atoms with E-state index in [1.807, 2.05) is 72.8 Å². The lowest BCUT2D eigenvalue weighted by Crippen LogP contribution is -2.19. The van der Waals surface area contributed by atoms with Crippen LogP contribution in [-0.2, 0) is 14.3 Å². The summed E-state index contributed by atoms with van der Waals surface area (Å²) in [7, 11) is 1.38. The van der Waals surface area contributed by atoms with Gasteiger partial charge in [-0.2, -0.15) is 0 Å². The zero-order valence-corrected chi connectivity index (χ0v) is 24.7. The largest absolute Gasteiger partial charge is 0.508 e. The summed E-state index contributed by atoms with van der Waals surface area (Å²) in [6, 6.07) is 21.4. The maximum atomic E-state index is 11.4. The lowest BCUT2D eigenvalue weighted by molar-refractivity contribution is -0.141. The molecule has 0 amide bonds. The number of carboxylic acids is 1. The fraction of sp³-hybridized carbons (Fsp3) is 0.152. The van der Waals surface area contributed by atoms with Gasteiger partial charge in [-0.05, 0) is 81.2 Å². The van der Waals surface area contributed by atoms with E-state index in [1.165, 1.54) is 18.9 Å². The Bertz CT molecular complexity index is 1810. The fourth-order valence-corrected chi connectivity index (χ4v) is 6.21. The SMILES string of the molecule is COC(=O)[C@H]1CSC(/C=C/c2ccc3cc(O)ccc3c2)=N1.O=C(O)[C@H]1CSC(/C=C/c2ccc3cc(O)ccc3c2)=N1. The topological polar surface area (TPSA) is 129 Å². The van der Waals surface area contributed by atoms with Crippen molar-refractivity contribution in [2.45, 2.75) is 12.1 Å². The van der Waals surface area contributed by atoms with Gasteiger partial charge in [0.05, 0.1) is 17.2 Å². The number of benzene rings is 4. The summed E-state index contributed by atoms with van der Waals surface area (Å²) in [5, 5.41) is 33.4. The fourth-order valence-electron chi connectivity index (χ4n) is 4.40. The first-order valence-electron chi connectivity index (χ1n) is 13.3. The highest BCUT2D eigenvalue weighted by molar-refractivity contribution is 8.15. The number of carbonyl (C=O) groups is 2. The van der Waals surface area contributed by atoms with Crippen LogP contribution in [0.2, 0.25) is 0 Å². The molecule has 0 radical (unpaired) electrons. The van der Waals surface area contributed by atoms with Gasteiger partial charge in [0, 0.05) is 11.5 Å². The van der Waals surface area contributed by atoms with Crippen LogP contribution in [0, 0.1) is 0 Å². The van der Waals surface area contributed by atoms with E-state index in [2.05, 4.69) is 9.98 Å². The second-order valence-electron chi connectivity index (χ2n) is 9.70. The van der Waals surface area contributed by atoms with Crippen molar-refractivity contribution in [3.63, 3.8) is 0 Å². The maximum absolute atomic E-state index is 11.4. The quantitative estimate of drug-likeness (QED) is 0.213. The Morgan fingerprint density at radius 3 is 1.60 bits per heavy atom. The molecule has 0 saturated carbocycles. The number of phenolic OH excluding ortho intramolecular Hbond substituents is 2. The van der Waals surface area contributed by atoms with Crippen molar-refractivity contribution in [3.8, 4) is 11.5 Å². The van der Waals surface area contributed by atoms with Crippen LogP contribution in [0.3, 0.4) is 0 Å². The number of fused-ring (bicyclic) bond motifs is 2. The first-order chi connectivity index (χ1) is 20.8. The highest BCUT2D eigenvalue weighted by atomic mass is 32.2. The van der Waals surface area contributed by atoms with Crippen molar-refractivity contribution < 1.29 is 29.6 Å². The van der Waals surface area contributed by atoms with Gasteiger partial charge in [-0.15, -0.1) is 23.5 Å². The summed E-state index contributed by atoms with van der Waals surface area (Å²) >= 11 is 3.00. The zero-order chi connectivity index (χ0) is 30.3. The van der Waals surface area contributed by atoms with Gasteiger partial charge in [-0.1, -0.05) is 48.6 Å². The number of aliphatic carboxylic acids is 1. The highest BCUT2D eigenvalue weighted by Crippen LogP contribution is 2.25. The van der Waals surface area contributed by atoms with E-state index >= 15 is 0 Å². The molecular formula is C33H28N2O6S2. The van der Waals surface area contributed by atoms with Crippen LogP contribution in [0.15, 0.2) is 94.9 Å². The molecule has 0 aliphatic carbocycles. The maximum Gasteiger partial charge on any atom is 0.331 e. The minimum atomic E-state index is -0.878. The van der Waals surface area contributed by atoms with Gasteiger partial charge in [0.1, 0.15) is 11.5 Å². The molecule has 4 aromatic carbocycles. The molecule has 0 fully saturated rings. The summed E-state index contributed by atoms with van der Waals surface area (Å²) in [5.41, 5.74) is 2.05. The molecule has 0 saturated heterocycles. The van der Waals surface area contributed by atoms with Crippen LogP contribution < -0.4 is 0 Å². The number of phenols is 2. The number of hydrogen-bond donors (Lipinski definition) is 3. The van der Waals surface area contributed by atoms with Gasteiger partial charge < -0.3 is 20.1 Å². The predicted octanol–water partition coefficient (Wildman–Crippen LogP) is 6.40. The van der Waals surface area contributed by atoms with Gasteiger partial charge >= 0.3 is 11.9 Å². The van der Waals surface area contributed by atoms with Gasteiger partial charge in [0.25, 0.3) is 0 Å². The summed E-state index contributed by atoms with van der Waals surface area (Å²) in [6.07, 6.45) is 7.64. The molecule has 2 atom stereocenters. The lowest BCUT2D eigenvalue weighted by atomic mass is 10.1. The van der Waals surface area contributed by atoms with E-state index in [4.69, 9.17) is 9.84 Å². The number of nitrogens with zero attached hydrogens (tertiary/aromatic N) is 2. The number of hydrogen-bond acceptors (Lipinski definition) is 9. The van der Waals surface area contributed by atoms with Crippen molar-refractivity contribution in [1.82, 2.24) is 0 Å². The third kappa shape index (κ3) is 7.85. The molecule has 6 rings (SSSR count). The summed E-state index contributed by atoms with van der Waals surface area (Å²) in [6.45, 7) is 0. The standard InChI is InChI=1S/C17H15NO3S.C16H13NO3S/c1-21-17(20)15-10-22-16(18-15)7-3-11-2-4-13-9-14(19)6-5-12(13)8-11;18-13-5-4-11-7-10(1-3-12(11)8-13)2-6-15-17-14(9-21-15)16(19)20/h2-9,15,19H,10H2,1H3;1-8,14,18H,9H2,(H,19,20)/b7-3+;6-2+/t15-;14-/m11/s1. The third-order valence-corrected chi connectivity index (χ3v) is 8.67. The van der Waals surface area contributed by atoms with E-state index in [1.54, 1.807) is 36.0 Å². The Balaban J connectivity index is 0.000000171. The molecule has 43 heavy (non-hydrogen) atoms. The molecule has 4 aromatic rings. The number of carboxylic acid groups (broad SMARTS) is 1. The van der Waals surface area contributed by atoms with E-state index < -0.39 is 18.1 Å². The third-order valence-electron chi connectivity index (χ3n) is 6.64. The van der Waals surface area contributed by atoms with Gasteiger partial charge in [-0.25, -0.2) is 9.59 Å². The average molecular weight is 613 g/mol. The van der Waals surface area contributed by atoms with E-state index in [-0.39, 0.29) is 17.5 Å². The normalized spacial score (nSPS) is 18.1. The number of methoxy groups -OCH3 is 1. The Kier molecular flexibility index (Phi) is 9.48. The van der Waals surface area contributed by atoms with Crippen LogP contribution in [-0.4, -0.2) is 68.0 Å². The molecule has 8 nitrogen and oxygen atoms in total. The van der Waals surface area contributed by atoms with Crippen LogP contribution in [0.25, 0.3) is 33.7 Å². The first kappa shape index (κ1) is 29.9. The smallest absolute Gasteiger partial charge is 0.331 e. The van der Waals surface area contributed by atoms with Crippen molar-refractivity contribution in [3.05, 3.63) is 96.1 Å². The molecule has 10 heteroatoms. The Labute approximate surface area is 256 Å². The van der Waals surface area contributed by atoms with Crippen LogP contribution in [0.4, 0.5) is 0 Å². The first-order valence-corrected chi connectivity index (χ1v) is 15.3. The molecule has 0 spiro atoms. The molecule has 0 bridgehead atoms. The van der Waals surface area contributed by atoms with Gasteiger partial charge in [0.15, 0.2) is 12.1 Å². The minimum Gasteiger partial charge on any atom is -0.508 e. The number of thioether (sulfide) groups is 2. The molecule has 2 aliphatic rings. The highest BCUT2D eigenvalue weighted by Gasteiger charge is 2.24.